The van der Waals surface area contributed by atoms with E-state index in [0.717, 1.165) is 18.3 Å². The highest BCUT2D eigenvalue weighted by atomic mass is 16.3. The molecule has 88 valence electrons. The minimum Gasteiger partial charge on any atom is -0.390 e. The van der Waals surface area contributed by atoms with Gasteiger partial charge in [0.05, 0.1) is 12.3 Å². The Hall–Kier alpha value is -1.16. The van der Waals surface area contributed by atoms with Crippen molar-refractivity contribution < 1.29 is 5.11 Å². The molecule has 4 nitrogen and oxygen atoms in total. The summed E-state index contributed by atoms with van der Waals surface area (Å²) in [4.78, 5) is 2.31. The van der Waals surface area contributed by atoms with Crippen molar-refractivity contribution in [3.8, 4) is 0 Å². The van der Waals surface area contributed by atoms with Gasteiger partial charge in [-0.3, -0.25) is 0 Å². The van der Waals surface area contributed by atoms with Gasteiger partial charge in [-0.2, -0.15) is 5.10 Å². The van der Waals surface area contributed by atoms with E-state index in [1.807, 2.05) is 12.1 Å². The van der Waals surface area contributed by atoms with E-state index < -0.39 is 0 Å². The SMILES string of the molecule is CC1CCC(C)N(c2ccc(CO)nn2)C1. The van der Waals surface area contributed by atoms with Crippen LogP contribution in [0.15, 0.2) is 12.1 Å². The van der Waals surface area contributed by atoms with E-state index in [4.69, 9.17) is 5.11 Å². The number of aliphatic hydroxyl groups is 1. The fraction of sp³-hybridized carbons (Fsp3) is 0.667. The lowest BCUT2D eigenvalue weighted by Gasteiger charge is -2.37. The molecule has 1 N–H and O–H groups in total. The highest BCUT2D eigenvalue weighted by Crippen LogP contribution is 2.25. The van der Waals surface area contributed by atoms with E-state index in [1.165, 1.54) is 12.8 Å². The summed E-state index contributed by atoms with van der Waals surface area (Å²) in [5, 5.41) is 17.1. The monoisotopic (exact) mass is 221 g/mol. The zero-order valence-corrected chi connectivity index (χ0v) is 9.93. The number of aliphatic hydroxyl groups excluding tert-OH is 1. The zero-order chi connectivity index (χ0) is 11.5. The quantitative estimate of drug-likeness (QED) is 0.824. The van der Waals surface area contributed by atoms with Gasteiger partial charge in [0.1, 0.15) is 0 Å². The summed E-state index contributed by atoms with van der Waals surface area (Å²) < 4.78 is 0. The first-order chi connectivity index (χ1) is 7.70. The number of rotatable bonds is 2. The molecule has 1 aliphatic rings. The molecule has 0 aliphatic carbocycles. The Morgan fingerprint density at radius 3 is 2.75 bits per heavy atom. The van der Waals surface area contributed by atoms with Crippen LogP contribution >= 0.6 is 0 Å². The van der Waals surface area contributed by atoms with Crippen molar-refractivity contribution in [2.75, 3.05) is 11.4 Å². The van der Waals surface area contributed by atoms with Crippen molar-refractivity contribution in [3.05, 3.63) is 17.8 Å². The smallest absolute Gasteiger partial charge is 0.151 e. The molecular formula is C12H19N3O. The maximum atomic E-state index is 8.92. The standard InChI is InChI=1S/C12H19N3O/c1-9-3-4-10(2)15(7-9)12-6-5-11(8-16)13-14-12/h5-6,9-10,16H,3-4,7-8H2,1-2H3. The van der Waals surface area contributed by atoms with E-state index in [2.05, 4.69) is 28.9 Å². The Balaban J connectivity index is 2.15. The van der Waals surface area contributed by atoms with Crippen molar-refractivity contribution in [3.63, 3.8) is 0 Å². The average molecular weight is 221 g/mol. The molecule has 0 spiro atoms. The Labute approximate surface area is 96.3 Å². The lowest BCUT2D eigenvalue weighted by atomic mass is 9.95. The van der Waals surface area contributed by atoms with E-state index >= 15 is 0 Å². The molecule has 2 atom stereocenters. The first kappa shape index (κ1) is 11.3. The molecule has 0 saturated carbocycles. The normalized spacial score (nSPS) is 25.8. The third-order valence-corrected chi connectivity index (χ3v) is 3.28. The van der Waals surface area contributed by atoms with Gasteiger partial charge in [0.2, 0.25) is 0 Å². The minimum absolute atomic E-state index is 0.0424. The summed E-state index contributed by atoms with van der Waals surface area (Å²) in [5.74, 6) is 1.65. The van der Waals surface area contributed by atoms with Gasteiger partial charge in [-0.25, -0.2) is 0 Å². The minimum atomic E-state index is -0.0424. The van der Waals surface area contributed by atoms with Crippen molar-refractivity contribution in [2.24, 2.45) is 5.92 Å². The van der Waals surface area contributed by atoms with Crippen LogP contribution in [0.4, 0.5) is 5.82 Å². The van der Waals surface area contributed by atoms with E-state index in [-0.39, 0.29) is 6.61 Å². The van der Waals surface area contributed by atoms with Gasteiger partial charge >= 0.3 is 0 Å². The van der Waals surface area contributed by atoms with Gasteiger partial charge in [0, 0.05) is 12.6 Å². The topological polar surface area (TPSA) is 49.2 Å². The van der Waals surface area contributed by atoms with Crippen LogP contribution in [-0.2, 0) is 6.61 Å². The zero-order valence-electron chi connectivity index (χ0n) is 9.93. The maximum absolute atomic E-state index is 8.92. The van der Waals surface area contributed by atoms with Crippen molar-refractivity contribution in [1.29, 1.82) is 0 Å². The Kier molecular flexibility index (Phi) is 3.39. The second kappa shape index (κ2) is 4.78. The molecule has 2 rings (SSSR count). The maximum Gasteiger partial charge on any atom is 0.151 e. The number of anilines is 1. The van der Waals surface area contributed by atoms with E-state index in [1.54, 1.807) is 0 Å². The summed E-state index contributed by atoms with van der Waals surface area (Å²) in [7, 11) is 0. The van der Waals surface area contributed by atoms with Crippen LogP contribution in [0.25, 0.3) is 0 Å². The third kappa shape index (κ3) is 2.32. The fourth-order valence-corrected chi connectivity index (χ4v) is 2.20. The molecule has 1 aromatic rings. The molecule has 0 amide bonds. The largest absolute Gasteiger partial charge is 0.390 e. The molecule has 0 bridgehead atoms. The Morgan fingerprint density at radius 1 is 1.31 bits per heavy atom. The average Bonchev–Trinajstić information content (AvgIpc) is 2.32. The summed E-state index contributed by atoms with van der Waals surface area (Å²) in [6.45, 7) is 5.51. The number of aromatic nitrogens is 2. The second-order valence-electron chi connectivity index (χ2n) is 4.72. The van der Waals surface area contributed by atoms with Gasteiger partial charge in [-0.1, -0.05) is 6.92 Å². The lowest BCUT2D eigenvalue weighted by molar-refractivity contribution is 0.275. The summed E-state index contributed by atoms with van der Waals surface area (Å²) in [5.41, 5.74) is 0.626. The highest BCUT2D eigenvalue weighted by molar-refractivity contribution is 5.39. The van der Waals surface area contributed by atoms with E-state index in [0.29, 0.717) is 11.7 Å². The van der Waals surface area contributed by atoms with Crippen LogP contribution in [0.3, 0.4) is 0 Å². The number of hydrogen-bond donors (Lipinski definition) is 1. The molecule has 0 aromatic carbocycles. The molecule has 4 heteroatoms. The molecule has 1 fully saturated rings. The first-order valence-electron chi connectivity index (χ1n) is 5.91. The van der Waals surface area contributed by atoms with Crippen LogP contribution in [0, 0.1) is 5.92 Å². The van der Waals surface area contributed by atoms with Gasteiger partial charge < -0.3 is 10.0 Å². The van der Waals surface area contributed by atoms with Gasteiger partial charge in [-0.15, -0.1) is 5.10 Å². The molecule has 2 unspecified atom stereocenters. The van der Waals surface area contributed by atoms with Gasteiger partial charge in [-0.05, 0) is 37.8 Å². The summed E-state index contributed by atoms with van der Waals surface area (Å²) in [6.07, 6.45) is 2.50. The summed E-state index contributed by atoms with van der Waals surface area (Å²) in [6, 6.07) is 4.33. The molecule has 2 heterocycles. The van der Waals surface area contributed by atoms with Gasteiger partial charge in [0.15, 0.2) is 5.82 Å². The number of piperidine rings is 1. The van der Waals surface area contributed by atoms with Crippen LogP contribution in [0.1, 0.15) is 32.4 Å². The third-order valence-electron chi connectivity index (χ3n) is 3.28. The number of nitrogens with zero attached hydrogens (tertiary/aromatic N) is 3. The van der Waals surface area contributed by atoms with Crippen LogP contribution in [0.5, 0.6) is 0 Å². The first-order valence-corrected chi connectivity index (χ1v) is 5.91. The molecule has 0 radical (unpaired) electrons. The predicted octanol–water partition coefficient (Wildman–Crippen LogP) is 1.59. The van der Waals surface area contributed by atoms with E-state index in [9.17, 15) is 0 Å². The van der Waals surface area contributed by atoms with Crippen LogP contribution in [-0.4, -0.2) is 27.9 Å². The summed E-state index contributed by atoms with van der Waals surface area (Å²) >= 11 is 0. The molecule has 1 aliphatic heterocycles. The molecule has 1 aromatic heterocycles. The van der Waals surface area contributed by atoms with Crippen molar-refractivity contribution in [1.82, 2.24) is 10.2 Å². The van der Waals surface area contributed by atoms with Crippen molar-refractivity contribution in [2.45, 2.75) is 39.3 Å². The lowest BCUT2D eigenvalue weighted by Crippen LogP contribution is -2.41. The molecular weight excluding hydrogens is 202 g/mol. The van der Waals surface area contributed by atoms with Crippen LogP contribution in [0.2, 0.25) is 0 Å². The van der Waals surface area contributed by atoms with Crippen LogP contribution < -0.4 is 4.90 Å². The Morgan fingerprint density at radius 2 is 2.12 bits per heavy atom. The molecule has 1 saturated heterocycles. The molecule has 16 heavy (non-hydrogen) atoms. The van der Waals surface area contributed by atoms with Gasteiger partial charge in [0.25, 0.3) is 0 Å². The highest BCUT2D eigenvalue weighted by Gasteiger charge is 2.23. The fourth-order valence-electron chi connectivity index (χ4n) is 2.20. The Bertz CT molecular complexity index is 339. The second-order valence-corrected chi connectivity index (χ2v) is 4.72. The van der Waals surface area contributed by atoms with Crippen molar-refractivity contribution >= 4 is 5.82 Å². The predicted molar refractivity (Wildman–Crippen MR) is 63.2 cm³/mol. The number of hydrogen-bond acceptors (Lipinski definition) is 4.